The van der Waals surface area contributed by atoms with E-state index in [1.54, 1.807) is 25.2 Å². The van der Waals surface area contributed by atoms with Crippen molar-refractivity contribution in [3.8, 4) is 17.2 Å². The molecule has 2 aromatic rings. The molecule has 0 N–H and O–H groups in total. The lowest BCUT2D eigenvalue weighted by Crippen LogP contribution is -2.22. The second kappa shape index (κ2) is 8.47. The predicted octanol–water partition coefficient (Wildman–Crippen LogP) is 4.13. The van der Waals surface area contributed by atoms with Gasteiger partial charge in [-0.15, -0.1) is 0 Å². The summed E-state index contributed by atoms with van der Waals surface area (Å²) in [6.07, 6.45) is 1.54. The fraction of sp³-hybridized carbons (Fsp3) is 0.111. The zero-order valence-corrected chi connectivity index (χ0v) is 17.2. The molecule has 2 aromatic carbocycles. The van der Waals surface area contributed by atoms with Crippen molar-refractivity contribution in [3.05, 3.63) is 67.1 Å². The zero-order valence-electron chi connectivity index (χ0n) is 15.6. The van der Waals surface area contributed by atoms with Crippen LogP contribution in [0.4, 0.5) is 11.4 Å². The minimum atomic E-state index is -0.778. The van der Waals surface area contributed by atoms with Gasteiger partial charge in [0.25, 0.3) is 11.6 Å². The van der Waals surface area contributed by atoms with E-state index in [-0.39, 0.29) is 23.2 Å². The molecule has 154 valence electrons. The van der Waals surface area contributed by atoms with Gasteiger partial charge in [-0.3, -0.25) is 29.9 Å². The first-order chi connectivity index (χ1) is 14.2. The molecule has 30 heavy (non-hydrogen) atoms. The van der Waals surface area contributed by atoms with Crippen LogP contribution in [0.2, 0.25) is 0 Å². The van der Waals surface area contributed by atoms with Crippen LogP contribution < -0.4 is 9.47 Å². The van der Waals surface area contributed by atoms with Gasteiger partial charge >= 0.3 is 5.69 Å². The lowest BCUT2D eigenvalue weighted by atomic mass is 10.1. The number of benzene rings is 2. The average molecular weight is 447 g/mol. The third kappa shape index (κ3) is 4.09. The van der Waals surface area contributed by atoms with Crippen molar-refractivity contribution < 1.29 is 24.1 Å². The Kier molecular flexibility index (Phi) is 5.99. The van der Waals surface area contributed by atoms with Gasteiger partial charge in [0.2, 0.25) is 5.75 Å². The van der Waals surface area contributed by atoms with E-state index in [0.29, 0.717) is 14.8 Å². The van der Waals surface area contributed by atoms with Crippen molar-refractivity contribution >= 4 is 51.7 Å². The first kappa shape index (κ1) is 21.2. The lowest BCUT2D eigenvalue weighted by molar-refractivity contribution is -0.394. The summed E-state index contributed by atoms with van der Waals surface area (Å²) in [7, 11) is 2.95. The fourth-order valence-electron chi connectivity index (χ4n) is 2.56. The first-order valence-electron chi connectivity index (χ1n) is 8.22. The van der Waals surface area contributed by atoms with E-state index in [2.05, 4.69) is 0 Å². The molecule has 0 saturated carbocycles. The topological polar surface area (TPSA) is 125 Å². The van der Waals surface area contributed by atoms with E-state index in [1.165, 1.54) is 18.1 Å². The Hall–Kier alpha value is -3.51. The highest BCUT2D eigenvalue weighted by molar-refractivity contribution is 8.26. The molecule has 0 bridgehead atoms. The number of thioether (sulfide) groups is 1. The van der Waals surface area contributed by atoms with Crippen molar-refractivity contribution in [2.24, 2.45) is 0 Å². The van der Waals surface area contributed by atoms with Gasteiger partial charge in [-0.1, -0.05) is 36.1 Å². The Morgan fingerprint density at radius 1 is 1.13 bits per heavy atom. The Morgan fingerprint density at radius 2 is 1.87 bits per heavy atom. The summed E-state index contributed by atoms with van der Waals surface area (Å²) >= 11 is 6.23. The Labute approximate surface area is 179 Å². The average Bonchev–Trinajstić information content (AvgIpc) is 2.95. The molecule has 1 saturated heterocycles. The number of thiocarbonyl (C=S) groups is 1. The number of para-hydroxylation sites is 1. The summed E-state index contributed by atoms with van der Waals surface area (Å²) in [6, 6.07) is 7.92. The summed E-state index contributed by atoms with van der Waals surface area (Å²) in [4.78, 5) is 34.8. The number of amides is 1. The number of carbonyl (C=O) groups excluding carboxylic acids is 1. The number of nitrogens with zero attached hydrogens (tertiary/aromatic N) is 3. The van der Waals surface area contributed by atoms with Crippen LogP contribution in [0.5, 0.6) is 17.2 Å². The molecule has 0 atom stereocenters. The van der Waals surface area contributed by atoms with Gasteiger partial charge in [-0.2, -0.15) is 0 Å². The van der Waals surface area contributed by atoms with Gasteiger partial charge in [-0.05, 0) is 18.2 Å². The summed E-state index contributed by atoms with van der Waals surface area (Å²) in [5.41, 5.74) is -0.613. The van der Waals surface area contributed by atoms with Crippen LogP contribution in [-0.2, 0) is 4.79 Å². The molecule has 0 radical (unpaired) electrons. The quantitative estimate of drug-likeness (QED) is 0.278. The third-order valence-corrected chi connectivity index (χ3v) is 5.55. The van der Waals surface area contributed by atoms with Crippen molar-refractivity contribution in [1.29, 1.82) is 0 Å². The second-order valence-corrected chi connectivity index (χ2v) is 7.56. The molecule has 3 rings (SSSR count). The SMILES string of the molecule is COc1cccc(/C=C2\SC(=S)N(C)C2=O)c1Oc1ccc([N+](=O)[O-])cc1[N+](=O)[O-]. The third-order valence-electron chi connectivity index (χ3n) is 4.06. The molecule has 1 fully saturated rings. The number of likely N-dealkylation sites (N-methyl/N-ethyl adjacent to an activating group) is 1. The molecule has 12 heteroatoms. The van der Waals surface area contributed by atoms with E-state index < -0.39 is 21.2 Å². The predicted molar refractivity (Wildman–Crippen MR) is 114 cm³/mol. The number of methoxy groups -OCH3 is 1. The minimum Gasteiger partial charge on any atom is -0.493 e. The smallest absolute Gasteiger partial charge is 0.318 e. The van der Waals surface area contributed by atoms with E-state index in [1.807, 2.05) is 0 Å². The minimum absolute atomic E-state index is 0.110. The lowest BCUT2D eigenvalue weighted by Gasteiger charge is -2.13. The highest BCUT2D eigenvalue weighted by Crippen LogP contribution is 2.42. The number of hydrogen-bond donors (Lipinski definition) is 0. The first-order valence-corrected chi connectivity index (χ1v) is 9.44. The summed E-state index contributed by atoms with van der Waals surface area (Å²) in [5.74, 6) is -0.144. The number of non-ortho nitro benzene ring substituents is 1. The molecular formula is C18H13N3O7S2. The summed E-state index contributed by atoms with van der Waals surface area (Å²) in [6.45, 7) is 0. The number of carbonyl (C=O) groups is 1. The van der Waals surface area contributed by atoms with Crippen LogP contribution in [0.25, 0.3) is 6.08 Å². The molecule has 1 heterocycles. The molecule has 10 nitrogen and oxygen atoms in total. The molecule has 1 aliphatic heterocycles. The maximum absolute atomic E-state index is 12.3. The normalized spacial score (nSPS) is 14.9. The summed E-state index contributed by atoms with van der Waals surface area (Å²) < 4.78 is 11.4. The summed E-state index contributed by atoms with van der Waals surface area (Å²) in [5, 5.41) is 22.4. The Bertz CT molecular complexity index is 1120. The highest BCUT2D eigenvalue weighted by atomic mass is 32.2. The fourth-order valence-corrected chi connectivity index (χ4v) is 3.73. The molecule has 0 spiro atoms. The molecular weight excluding hydrogens is 434 g/mol. The van der Waals surface area contributed by atoms with Crippen LogP contribution >= 0.6 is 24.0 Å². The molecule has 1 amide bonds. The maximum atomic E-state index is 12.3. The van der Waals surface area contributed by atoms with Gasteiger partial charge in [0.15, 0.2) is 11.5 Å². The van der Waals surface area contributed by atoms with Crippen molar-refractivity contribution in [2.45, 2.75) is 0 Å². The molecule has 0 unspecified atom stereocenters. The largest absolute Gasteiger partial charge is 0.493 e. The number of hydrogen-bond acceptors (Lipinski definition) is 9. The van der Waals surface area contributed by atoms with Gasteiger partial charge in [0, 0.05) is 18.7 Å². The highest BCUT2D eigenvalue weighted by Gasteiger charge is 2.29. The van der Waals surface area contributed by atoms with Crippen LogP contribution in [0.15, 0.2) is 41.3 Å². The van der Waals surface area contributed by atoms with Crippen molar-refractivity contribution in [1.82, 2.24) is 4.90 Å². The zero-order chi connectivity index (χ0) is 22.0. The van der Waals surface area contributed by atoms with Crippen LogP contribution in [-0.4, -0.2) is 39.1 Å². The standard InChI is InChI=1S/C18H13N3O7S2/c1-19-17(22)15(30-18(19)29)8-10-4-3-5-14(27-2)16(10)28-13-7-6-11(20(23)24)9-12(13)21(25)26/h3-9H,1-2H3/b15-8-. The maximum Gasteiger partial charge on any atom is 0.318 e. The molecule has 0 aliphatic carbocycles. The monoisotopic (exact) mass is 447 g/mol. The molecule has 1 aliphatic rings. The van der Waals surface area contributed by atoms with E-state index in [0.717, 1.165) is 30.0 Å². The molecule has 0 aromatic heterocycles. The van der Waals surface area contributed by atoms with E-state index >= 15 is 0 Å². The Morgan fingerprint density at radius 3 is 2.43 bits per heavy atom. The van der Waals surface area contributed by atoms with E-state index in [4.69, 9.17) is 21.7 Å². The van der Waals surface area contributed by atoms with Crippen LogP contribution in [0.1, 0.15) is 5.56 Å². The van der Waals surface area contributed by atoms with Gasteiger partial charge in [0.1, 0.15) is 4.32 Å². The Balaban J connectivity index is 2.09. The number of nitro benzene ring substituents is 2. The number of nitro groups is 2. The van der Waals surface area contributed by atoms with Gasteiger partial charge < -0.3 is 9.47 Å². The van der Waals surface area contributed by atoms with Crippen molar-refractivity contribution in [3.63, 3.8) is 0 Å². The number of ether oxygens (including phenoxy) is 2. The van der Waals surface area contributed by atoms with E-state index in [9.17, 15) is 25.0 Å². The second-order valence-electron chi connectivity index (χ2n) is 5.89. The van der Waals surface area contributed by atoms with Crippen molar-refractivity contribution in [2.75, 3.05) is 14.2 Å². The van der Waals surface area contributed by atoms with Crippen LogP contribution in [0.3, 0.4) is 0 Å². The van der Waals surface area contributed by atoms with Gasteiger partial charge in [-0.25, -0.2) is 0 Å². The van der Waals surface area contributed by atoms with Gasteiger partial charge in [0.05, 0.1) is 27.9 Å². The van der Waals surface area contributed by atoms with Crippen LogP contribution in [0, 0.1) is 20.2 Å². The number of rotatable bonds is 6.